The predicted octanol–water partition coefficient (Wildman–Crippen LogP) is 3.55. The van der Waals surface area contributed by atoms with Crippen LogP contribution in [0.4, 0.5) is 4.79 Å². The van der Waals surface area contributed by atoms with Gasteiger partial charge in [-0.3, -0.25) is 4.79 Å². The van der Waals surface area contributed by atoms with E-state index < -0.39 is 17.7 Å². The molecule has 1 rings (SSSR count). The lowest BCUT2D eigenvalue weighted by atomic mass is 9.91. The summed E-state index contributed by atoms with van der Waals surface area (Å²) in [5.41, 5.74) is 0.502. The first kappa shape index (κ1) is 18.0. The molecule has 22 heavy (non-hydrogen) atoms. The van der Waals surface area contributed by atoms with Crippen LogP contribution in [0.3, 0.4) is 0 Å². The molecule has 0 heterocycles. The minimum absolute atomic E-state index is 0.0425. The Kier molecular flexibility index (Phi) is 6.89. The minimum atomic E-state index is -0.811. The number of carboxylic acid groups (broad SMARTS) is 1. The van der Waals surface area contributed by atoms with Gasteiger partial charge in [-0.1, -0.05) is 30.3 Å². The Morgan fingerprint density at radius 2 is 1.86 bits per heavy atom. The molecule has 1 amide bonds. The highest BCUT2D eigenvalue weighted by atomic mass is 16.6. The number of carbonyl (C=O) groups excluding carboxylic acids is 1. The smallest absolute Gasteiger partial charge is 0.407 e. The van der Waals surface area contributed by atoms with Crippen molar-refractivity contribution in [3.05, 3.63) is 35.9 Å². The summed E-state index contributed by atoms with van der Waals surface area (Å²) in [5.74, 6) is -0.854. The van der Waals surface area contributed by atoms with Gasteiger partial charge in [0.05, 0.1) is 6.42 Å². The van der Waals surface area contributed by atoms with Crippen LogP contribution in [0.15, 0.2) is 30.3 Å². The normalized spacial score (nSPS) is 12.5. The van der Waals surface area contributed by atoms with Crippen molar-refractivity contribution in [1.82, 2.24) is 5.32 Å². The van der Waals surface area contributed by atoms with Crippen molar-refractivity contribution in [2.24, 2.45) is 0 Å². The first-order chi connectivity index (χ1) is 10.3. The van der Waals surface area contributed by atoms with Crippen molar-refractivity contribution in [1.29, 1.82) is 0 Å². The molecular weight excluding hydrogens is 282 g/mol. The second kappa shape index (κ2) is 8.41. The monoisotopic (exact) mass is 307 g/mol. The number of alkyl carbamates (subject to hydrolysis) is 1. The molecule has 0 saturated carbocycles. The maximum atomic E-state index is 11.5. The highest BCUT2D eigenvalue weighted by Gasteiger charge is 2.17. The fraction of sp³-hybridized carbons (Fsp3) is 0.529. The van der Waals surface area contributed by atoms with E-state index in [4.69, 9.17) is 9.84 Å². The van der Waals surface area contributed by atoms with Gasteiger partial charge < -0.3 is 15.2 Å². The van der Waals surface area contributed by atoms with E-state index in [0.717, 1.165) is 5.56 Å². The quantitative estimate of drug-likeness (QED) is 0.755. The lowest BCUT2D eigenvalue weighted by Crippen LogP contribution is -2.33. The average Bonchev–Trinajstić information content (AvgIpc) is 2.41. The Morgan fingerprint density at radius 1 is 1.23 bits per heavy atom. The first-order valence-electron chi connectivity index (χ1n) is 7.51. The van der Waals surface area contributed by atoms with E-state index in [-0.39, 0.29) is 12.3 Å². The van der Waals surface area contributed by atoms with E-state index in [0.29, 0.717) is 19.4 Å². The molecule has 0 fully saturated rings. The third kappa shape index (κ3) is 7.67. The van der Waals surface area contributed by atoms with Gasteiger partial charge in [0.15, 0.2) is 0 Å². The summed E-state index contributed by atoms with van der Waals surface area (Å²) in [6, 6.07) is 9.60. The third-order valence-corrected chi connectivity index (χ3v) is 3.09. The number of hydrogen-bond acceptors (Lipinski definition) is 3. The van der Waals surface area contributed by atoms with Crippen LogP contribution in [0.25, 0.3) is 0 Å². The van der Waals surface area contributed by atoms with Gasteiger partial charge in [-0.05, 0) is 45.1 Å². The highest BCUT2D eigenvalue weighted by Crippen LogP contribution is 2.24. The molecule has 1 atom stereocenters. The van der Waals surface area contributed by atoms with E-state index in [1.807, 2.05) is 51.1 Å². The number of nitrogens with one attached hydrogen (secondary N) is 1. The molecule has 0 aliphatic carbocycles. The fourth-order valence-electron chi connectivity index (χ4n) is 2.18. The fourth-order valence-corrected chi connectivity index (χ4v) is 2.18. The van der Waals surface area contributed by atoms with Gasteiger partial charge in [-0.15, -0.1) is 0 Å². The second-order valence-corrected chi connectivity index (χ2v) is 6.28. The number of aliphatic carboxylic acids is 1. The molecule has 122 valence electrons. The van der Waals surface area contributed by atoms with Gasteiger partial charge in [0.25, 0.3) is 0 Å². The van der Waals surface area contributed by atoms with Crippen molar-refractivity contribution in [2.45, 2.75) is 51.6 Å². The van der Waals surface area contributed by atoms with Crippen molar-refractivity contribution < 1.29 is 19.4 Å². The Labute approximate surface area is 131 Å². The zero-order valence-electron chi connectivity index (χ0n) is 13.5. The summed E-state index contributed by atoms with van der Waals surface area (Å²) >= 11 is 0. The lowest BCUT2D eigenvalue weighted by molar-refractivity contribution is -0.137. The van der Waals surface area contributed by atoms with Crippen LogP contribution in [0, 0.1) is 0 Å². The van der Waals surface area contributed by atoms with E-state index in [1.54, 1.807) is 0 Å². The molecule has 0 bridgehead atoms. The summed E-state index contributed by atoms with van der Waals surface area (Å²) in [6.07, 6.45) is 1.05. The van der Waals surface area contributed by atoms with Crippen molar-refractivity contribution in [2.75, 3.05) is 6.54 Å². The number of carbonyl (C=O) groups is 2. The molecule has 0 unspecified atom stereocenters. The standard InChI is InChI=1S/C17H25NO4/c1-17(2,3)22-16(21)18-11-7-10-14(12-15(19)20)13-8-5-4-6-9-13/h4-6,8-9,14H,7,10-12H2,1-3H3,(H,18,21)(H,19,20)/t14-/m0/s1. The van der Waals surface area contributed by atoms with Crippen molar-refractivity contribution >= 4 is 12.1 Å². The number of carboxylic acids is 1. The van der Waals surface area contributed by atoms with Gasteiger partial charge in [0.2, 0.25) is 0 Å². The predicted molar refractivity (Wildman–Crippen MR) is 84.9 cm³/mol. The Balaban J connectivity index is 2.42. The number of hydrogen-bond donors (Lipinski definition) is 2. The van der Waals surface area contributed by atoms with Gasteiger partial charge in [-0.2, -0.15) is 0 Å². The van der Waals surface area contributed by atoms with E-state index >= 15 is 0 Å². The molecule has 5 heteroatoms. The van der Waals surface area contributed by atoms with E-state index in [9.17, 15) is 9.59 Å². The first-order valence-corrected chi connectivity index (χ1v) is 7.51. The molecule has 0 aliphatic rings. The van der Waals surface area contributed by atoms with Gasteiger partial charge in [0, 0.05) is 6.54 Å². The Morgan fingerprint density at radius 3 is 2.41 bits per heavy atom. The summed E-state index contributed by atoms with van der Waals surface area (Å²) in [7, 11) is 0. The zero-order valence-corrected chi connectivity index (χ0v) is 13.5. The molecule has 0 saturated heterocycles. The average molecular weight is 307 g/mol. The van der Waals surface area contributed by atoms with Crippen LogP contribution in [0.2, 0.25) is 0 Å². The van der Waals surface area contributed by atoms with Crippen molar-refractivity contribution in [3.63, 3.8) is 0 Å². The number of rotatable bonds is 7. The molecular formula is C17H25NO4. The molecule has 0 radical (unpaired) electrons. The van der Waals surface area contributed by atoms with E-state index in [2.05, 4.69) is 5.32 Å². The number of benzene rings is 1. The SMILES string of the molecule is CC(C)(C)OC(=O)NCCC[C@@H](CC(=O)O)c1ccccc1. The van der Waals surface area contributed by atoms with Crippen LogP contribution < -0.4 is 5.32 Å². The molecule has 1 aromatic rings. The maximum Gasteiger partial charge on any atom is 0.407 e. The van der Waals surface area contributed by atoms with Gasteiger partial charge in [0.1, 0.15) is 5.60 Å². The van der Waals surface area contributed by atoms with Gasteiger partial charge >= 0.3 is 12.1 Å². The van der Waals surface area contributed by atoms with E-state index in [1.165, 1.54) is 0 Å². The summed E-state index contributed by atoms with van der Waals surface area (Å²) in [5, 5.41) is 11.7. The number of ether oxygens (including phenoxy) is 1. The summed E-state index contributed by atoms with van der Waals surface area (Å²) in [4.78, 5) is 22.5. The summed E-state index contributed by atoms with van der Waals surface area (Å²) in [6.45, 7) is 5.90. The Bertz CT molecular complexity index is 479. The minimum Gasteiger partial charge on any atom is -0.481 e. The molecule has 0 spiro atoms. The zero-order chi connectivity index (χ0) is 16.6. The Hall–Kier alpha value is -2.04. The summed E-state index contributed by atoms with van der Waals surface area (Å²) < 4.78 is 5.15. The maximum absolute atomic E-state index is 11.5. The van der Waals surface area contributed by atoms with Crippen molar-refractivity contribution in [3.8, 4) is 0 Å². The second-order valence-electron chi connectivity index (χ2n) is 6.28. The molecule has 0 aliphatic heterocycles. The van der Waals surface area contributed by atoms with Crippen LogP contribution >= 0.6 is 0 Å². The molecule has 2 N–H and O–H groups in total. The topological polar surface area (TPSA) is 75.6 Å². The molecule has 5 nitrogen and oxygen atoms in total. The van der Waals surface area contributed by atoms with Crippen LogP contribution in [-0.2, 0) is 9.53 Å². The van der Waals surface area contributed by atoms with Crippen LogP contribution in [-0.4, -0.2) is 29.3 Å². The van der Waals surface area contributed by atoms with Crippen LogP contribution in [0.5, 0.6) is 0 Å². The third-order valence-electron chi connectivity index (χ3n) is 3.09. The largest absolute Gasteiger partial charge is 0.481 e. The van der Waals surface area contributed by atoms with Crippen LogP contribution in [0.1, 0.15) is 51.5 Å². The molecule has 0 aromatic heterocycles. The lowest BCUT2D eigenvalue weighted by Gasteiger charge is -2.20. The number of amides is 1. The molecule has 1 aromatic carbocycles. The highest BCUT2D eigenvalue weighted by molar-refractivity contribution is 5.68. The van der Waals surface area contributed by atoms with Gasteiger partial charge in [-0.25, -0.2) is 4.79 Å².